The lowest BCUT2D eigenvalue weighted by atomic mass is 10.2. The fourth-order valence-corrected chi connectivity index (χ4v) is 3.58. The van der Waals surface area contributed by atoms with Gasteiger partial charge in [0.15, 0.2) is 0 Å². The number of nitrogens with zero attached hydrogens (tertiary/aromatic N) is 6. The highest BCUT2D eigenvalue weighted by Gasteiger charge is 2.24. The number of non-ortho nitro benzene ring substituents is 2. The zero-order valence-corrected chi connectivity index (χ0v) is 19.0. The maximum absolute atomic E-state index is 12.6. The van der Waals surface area contributed by atoms with E-state index in [1.165, 1.54) is 34.1 Å². The molecule has 0 saturated carbocycles. The third kappa shape index (κ3) is 6.11. The molecule has 1 aliphatic heterocycles. The SMILES string of the molecule is CN(C(=O)CN1CCN(CC(=O)N(C)c2ccc([N+](=O)[O-])cc2)CC1)c1ccc([N+](=O)[O-])cc1. The zero-order chi connectivity index (χ0) is 24.8. The van der Waals surface area contributed by atoms with Crippen LogP contribution in [0.2, 0.25) is 0 Å². The summed E-state index contributed by atoms with van der Waals surface area (Å²) in [5, 5.41) is 21.6. The fraction of sp³-hybridized carbons (Fsp3) is 0.364. The summed E-state index contributed by atoms with van der Waals surface area (Å²) in [5.41, 5.74) is 1.09. The van der Waals surface area contributed by atoms with E-state index in [2.05, 4.69) is 0 Å². The molecule has 0 radical (unpaired) electrons. The Bertz CT molecular complexity index is 965. The average Bonchev–Trinajstić information content (AvgIpc) is 2.84. The summed E-state index contributed by atoms with van der Waals surface area (Å²) in [7, 11) is 3.26. The molecule has 1 heterocycles. The van der Waals surface area contributed by atoms with Crippen LogP contribution < -0.4 is 9.80 Å². The van der Waals surface area contributed by atoms with E-state index >= 15 is 0 Å². The number of anilines is 2. The molecule has 0 aromatic heterocycles. The number of rotatable bonds is 8. The molecule has 1 aliphatic rings. The van der Waals surface area contributed by atoms with Crippen molar-refractivity contribution in [2.24, 2.45) is 0 Å². The van der Waals surface area contributed by atoms with E-state index in [0.29, 0.717) is 37.6 Å². The van der Waals surface area contributed by atoms with Gasteiger partial charge in [0.1, 0.15) is 0 Å². The molecular weight excluding hydrogens is 444 g/mol. The second kappa shape index (κ2) is 10.8. The summed E-state index contributed by atoms with van der Waals surface area (Å²) in [6.45, 7) is 2.89. The van der Waals surface area contributed by atoms with E-state index in [1.807, 2.05) is 9.80 Å². The fourth-order valence-electron chi connectivity index (χ4n) is 3.58. The molecule has 2 aromatic rings. The van der Waals surface area contributed by atoms with Crippen LogP contribution in [0.4, 0.5) is 22.7 Å². The predicted octanol–water partition coefficient (Wildman–Crippen LogP) is 1.75. The Balaban J connectivity index is 1.46. The maximum atomic E-state index is 12.6. The zero-order valence-electron chi connectivity index (χ0n) is 19.0. The molecule has 0 spiro atoms. The van der Waals surface area contributed by atoms with E-state index in [1.54, 1.807) is 38.4 Å². The first-order valence-corrected chi connectivity index (χ1v) is 10.6. The van der Waals surface area contributed by atoms with Crippen molar-refractivity contribution in [3.63, 3.8) is 0 Å². The van der Waals surface area contributed by atoms with Crippen molar-refractivity contribution < 1.29 is 19.4 Å². The molecule has 0 atom stereocenters. The van der Waals surface area contributed by atoms with Gasteiger partial charge in [0, 0.05) is 75.9 Å². The monoisotopic (exact) mass is 470 g/mol. The molecule has 2 aromatic carbocycles. The summed E-state index contributed by atoms with van der Waals surface area (Å²) in [4.78, 5) is 52.8. The van der Waals surface area contributed by atoms with Crippen LogP contribution in [-0.2, 0) is 9.59 Å². The minimum Gasteiger partial charge on any atom is -0.314 e. The van der Waals surface area contributed by atoms with Crippen LogP contribution in [0.25, 0.3) is 0 Å². The number of benzene rings is 2. The Labute approximate surface area is 196 Å². The van der Waals surface area contributed by atoms with E-state index in [0.717, 1.165) is 0 Å². The first-order valence-electron chi connectivity index (χ1n) is 10.6. The van der Waals surface area contributed by atoms with Crippen molar-refractivity contribution in [3.8, 4) is 0 Å². The number of carbonyl (C=O) groups excluding carboxylic acids is 2. The minimum absolute atomic E-state index is 0.0329. The smallest absolute Gasteiger partial charge is 0.269 e. The molecule has 12 nitrogen and oxygen atoms in total. The number of piperazine rings is 1. The molecule has 180 valence electrons. The van der Waals surface area contributed by atoms with Gasteiger partial charge in [-0.3, -0.25) is 39.6 Å². The Morgan fingerprint density at radius 1 is 0.706 bits per heavy atom. The number of carbonyl (C=O) groups is 2. The van der Waals surface area contributed by atoms with Crippen molar-refractivity contribution in [3.05, 3.63) is 68.8 Å². The highest BCUT2D eigenvalue weighted by molar-refractivity contribution is 5.95. The molecule has 3 rings (SSSR count). The quantitative estimate of drug-likeness (QED) is 0.421. The van der Waals surface area contributed by atoms with Gasteiger partial charge < -0.3 is 9.80 Å². The molecule has 2 amide bonds. The highest BCUT2D eigenvalue weighted by atomic mass is 16.6. The van der Waals surface area contributed by atoms with Crippen molar-refractivity contribution in [1.82, 2.24) is 9.80 Å². The summed E-state index contributed by atoms with van der Waals surface area (Å²) in [6.07, 6.45) is 0. The number of amides is 2. The molecule has 0 N–H and O–H groups in total. The van der Waals surface area contributed by atoms with Gasteiger partial charge in [-0.25, -0.2) is 0 Å². The topological polar surface area (TPSA) is 133 Å². The molecular formula is C22H26N6O6. The Morgan fingerprint density at radius 2 is 1.00 bits per heavy atom. The Hall–Kier alpha value is -3.90. The third-order valence-corrected chi connectivity index (χ3v) is 5.83. The second-order valence-corrected chi connectivity index (χ2v) is 8.00. The second-order valence-electron chi connectivity index (χ2n) is 8.00. The molecule has 0 unspecified atom stereocenters. The van der Waals surface area contributed by atoms with Gasteiger partial charge in [0.2, 0.25) is 11.8 Å². The molecule has 34 heavy (non-hydrogen) atoms. The molecule has 12 heteroatoms. The van der Waals surface area contributed by atoms with Gasteiger partial charge in [-0.15, -0.1) is 0 Å². The Morgan fingerprint density at radius 3 is 1.26 bits per heavy atom. The van der Waals surface area contributed by atoms with Crippen LogP contribution in [-0.4, -0.2) is 84.8 Å². The van der Waals surface area contributed by atoms with Crippen LogP contribution >= 0.6 is 0 Å². The van der Waals surface area contributed by atoms with Crippen LogP contribution in [0.5, 0.6) is 0 Å². The molecule has 0 aliphatic carbocycles. The van der Waals surface area contributed by atoms with E-state index in [9.17, 15) is 29.8 Å². The lowest BCUT2D eigenvalue weighted by Crippen LogP contribution is -2.51. The number of hydrogen-bond acceptors (Lipinski definition) is 8. The van der Waals surface area contributed by atoms with Crippen LogP contribution in [0.15, 0.2) is 48.5 Å². The van der Waals surface area contributed by atoms with Crippen LogP contribution in [0.1, 0.15) is 0 Å². The van der Waals surface area contributed by atoms with E-state index in [-0.39, 0.29) is 36.3 Å². The summed E-state index contributed by atoms with van der Waals surface area (Å²) in [5.74, 6) is -0.257. The van der Waals surface area contributed by atoms with Gasteiger partial charge >= 0.3 is 0 Å². The largest absolute Gasteiger partial charge is 0.314 e. The van der Waals surface area contributed by atoms with Crippen molar-refractivity contribution >= 4 is 34.6 Å². The van der Waals surface area contributed by atoms with Gasteiger partial charge in [-0.2, -0.15) is 0 Å². The Kier molecular flexibility index (Phi) is 7.87. The normalized spacial score (nSPS) is 14.4. The van der Waals surface area contributed by atoms with Crippen molar-refractivity contribution in [1.29, 1.82) is 0 Å². The maximum Gasteiger partial charge on any atom is 0.269 e. The summed E-state index contributed by atoms with van der Waals surface area (Å²) >= 11 is 0. The number of nitro benzene ring substituents is 2. The van der Waals surface area contributed by atoms with E-state index < -0.39 is 9.85 Å². The first kappa shape index (κ1) is 24.7. The number of likely N-dealkylation sites (N-methyl/N-ethyl adjacent to an activating group) is 2. The number of nitro groups is 2. The average molecular weight is 470 g/mol. The number of hydrogen-bond donors (Lipinski definition) is 0. The lowest BCUT2D eigenvalue weighted by molar-refractivity contribution is -0.385. The van der Waals surface area contributed by atoms with Crippen LogP contribution in [0, 0.1) is 20.2 Å². The molecule has 1 saturated heterocycles. The van der Waals surface area contributed by atoms with Crippen LogP contribution in [0.3, 0.4) is 0 Å². The minimum atomic E-state index is -0.487. The predicted molar refractivity (Wildman–Crippen MR) is 126 cm³/mol. The third-order valence-electron chi connectivity index (χ3n) is 5.83. The van der Waals surface area contributed by atoms with Crippen molar-refractivity contribution in [2.75, 3.05) is 63.2 Å². The first-order chi connectivity index (χ1) is 16.2. The summed E-state index contributed by atoms with van der Waals surface area (Å²) in [6, 6.07) is 11.6. The highest BCUT2D eigenvalue weighted by Crippen LogP contribution is 2.20. The van der Waals surface area contributed by atoms with Gasteiger partial charge in [-0.1, -0.05) is 0 Å². The van der Waals surface area contributed by atoms with E-state index in [4.69, 9.17) is 0 Å². The molecule has 1 fully saturated rings. The van der Waals surface area contributed by atoms with Crippen molar-refractivity contribution in [2.45, 2.75) is 0 Å². The lowest BCUT2D eigenvalue weighted by Gasteiger charge is -2.35. The van der Waals surface area contributed by atoms with Gasteiger partial charge in [-0.05, 0) is 24.3 Å². The molecule has 0 bridgehead atoms. The van der Waals surface area contributed by atoms with Gasteiger partial charge in [0.25, 0.3) is 11.4 Å². The summed E-state index contributed by atoms with van der Waals surface area (Å²) < 4.78 is 0. The standard InChI is InChI=1S/C22H26N6O6/c1-23(17-3-7-19(8-4-17)27(31)32)21(29)15-25-11-13-26(14-12-25)16-22(30)24(2)18-5-9-20(10-6-18)28(33)34/h3-10H,11-16H2,1-2H3. The van der Waals surface area contributed by atoms with Gasteiger partial charge in [0.05, 0.1) is 22.9 Å².